The van der Waals surface area contributed by atoms with Crippen molar-refractivity contribution in [3.05, 3.63) is 59.7 Å². The Morgan fingerprint density at radius 3 is 2.67 bits per heavy atom. The fraction of sp³-hybridized carbons (Fsp3) is 0.333. The Morgan fingerprint density at radius 2 is 1.93 bits per heavy atom. The van der Waals surface area contributed by atoms with Crippen molar-refractivity contribution in [2.75, 3.05) is 0 Å². The first-order valence-electron chi connectivity index (χ1n) is 5.79. The third-order valence-electron chi connectivity index (χ3n) is 3.63. The highest BCUT2D eigenvalue weighted by Crippen LogP contribution is 2.46. The van der Waals surface area contributed by atoms with Gasteiger partial charge in [0.05, 0.1) is 0 Å². The Balaban J connectivity index is 1.86. The van der Waals surface area contributed by atoms with E-state index in [0.717, 1.165) is 11.8 Å². The third kappa shape index (κ3) is 1.65. The quantitative estimate of drug-likeness (QED) is 0.672. The zero-order valence-corrected chi connectivity index (χ0v) is 9.06. The molecule has 1 aromatic rings. The molecule has 1 aromatic carbocycles. The predicted molar refractivity (Wildman–Crippen MR) is 63.7 cm³/mol. The minimum atomic E-state index is 0.545. The van der Waals surface area contributed by atoms with Crippen molar-refractivity contribution in [3.8, 4) is 0 Å². The molecule has 3 rings (SSSR count). The van der Waals surface area contributed by atoms with Crippen LogP contribution in [0.1, 0.15) is 24.8 Å². The molecule has 0 N–H and O–H groups in total. The SMILES string of the molecule is CC(C1=CC2CC2C=C1)c1ccccc1. The molecule has 0 radical (unpaired) electrons. The predicted octanol–water partition coefficient (Wildman–Crippen LogP) is 3.92. The molecule has 76 valence electrons. The van der Waals surface area contributed by atoms with Crippen LogP contribution in [-0.2, 0) is 0 Å². The van der Waals surface area contributed by atoms with E-state index >= 15 is 0 Å². The molecule has 0 amide bonds. The normalized spacial score (nSPS) is 29.3. The van der Waals surface area contributed by atoms with Crippen LogP contribution in [0.25, 0.3) is 0 Å². The fourth-order valence-corrected chi connectivity index (χ4v) is 2.41. The van der Waals surface area contributed by atoms with Crippen molar-refractivity contribution in [2.45, 2.75) is 19.3 Å². The average Bonchev–Trinajstić information content (AvgIpc) is 3.07. The summed E-state index contributed by atoms with van der Waals surface area (Å²) >= 11 is 0. The lowest BCUT2D eigenvalue weighted by Gasteiger charge is -2.15. The maximum absolute atomic E-state index is 2.47. The molecule has 2 aliphatic carbocycles. The van der Waals surface area contributed by atoms with Gasteiger partial charge in [0.25, 0.3) is 0 Å². The molecule has 0 saturated heterocycles. The molecule has 1 saturated carbocycles. The highest BCUT2D eigenvalue weighted by molar-refractivity contribution is 5.39. The Bertz CT molecular complexity index is 411. The summed E-state index contributed by atoms with van der Waals surface area (Å²) in [4.78, 5) is 0. The van der Waals surface area contributed by atoms with Crippen molar-refractivity contribution in [2.24, 2.45) is 11.8 Å². The van der Waals surface area contributed by atoms with Crippen molar-refractivity contribution < 1.29 is 0 Å². The summed E-state index contributed by atoms with van der Waals surface area (Å²) in [6, 6.07) is 10.8. The smallest absolute Gasteiger partial charge is 0.00578 e. The fourth-order valence-electron chi connectivity index (χ4n) is 2.41. The van der Waals surface area contributed by atoms with Gasteiger partial charge in [-0.2, -0.15) is 0 Å². The standard InChI is InChI=1S/C15H16/c1-11(12-5-3-2-4-6-12)13-7-8-14-10-15(14)9-13/h2-9,11,14-15H,10H2,1H3. The molecule has 15 heavy (non-hydrogen) atoms. The maximum Gasteiger partial charge on any atom is 0.00578 e. The van der Waals surface area contributed by atoms with E-state index in [1.807, 2.05) is 0 Å². The number of hydrogen-bond donors (Lipinski definition) is 0. The van der Waals surface area contributed by atoms with Crippen LogP contribution in [-0.4, -0.2) is 0 Å². The molecule has 3 atom stereocenters. The van der Waals surface area contributed by atoms with Crippen LogP contribution < -0.4 is 0 Å². The van der Waals surface area contributed by atoms with Crippen LogP contribution in [0, 0.1) is 11.8 Å². The van der Waals surface area contributed by atoms with Gasteiger partial charge in [0.1, 0.15) is 0 Å². The molecule has 0 aliphatic heterocycles. The van der Waals surface area contributed by atoms with Gasteiger partial charge in [-0.1, -0.05) is 55.5 Å². The molecule has 0 heterocycles. The van der Waals surface area contributed by atoms with E-state index in [4.69, 9.17) is 0 Å². The van der Waals surface area contributed by atoms with Crippen LogP contribution in [0.15, 0.2) is 54.1 Å². The van der Waals surface area contributed by atoms with Gasteiger partial charge in [-0.15, -0.1) is 0 Å². The second-order valence-electron chi connectivity index (χ2n) is 4.72. The van der Waals surface area contributed by atoms with Gasteiger partial charge < -0.3 is 0 Å². The highest BCUT2D eigenvalue weighted by atomic mass is 14.4. The zero-order valence-electron chi connectivity index (χ0n) is 9.06. The summed E-state index contributed by atoms with van der Waals surface area (Å²) in [5.41, 5.74) is 2.92. The lowest BCUT2D eigenvalue weighted by molar-refractivity contribution is 0.867. The first-order chi connectivity index (χ1) is 7.34. The zero-order chi connectivity index (χ0) is 10.3. The minimum absolute atomic E-state index is 0.545. The minimum Gasteiger partial charge on any atom is -0.0805 e. The number of rotatable bonds is 2. The molecule has 0 spiro atoms. The highest BCUT2D eigenvalue weighted by Gasteiger charge is 2.35. The summed E-state index contributed by atoms with van der Waals surface area (Å²) in [6.07, 6.45) is 8.56. The Labute approximate surface area is 91.3 Å². The second kappa shape index (κ2) is 3.37. The molecule has 0 aromatic heterocycles. The summed E-state index contributed by atoms with van der Waals surface area (Å²) in [7, 11) is 0. The first-order valence-corrected chi connectivity index (χ1v) is 5.79. The van der Waals surface area contributed by atoms with E-state index < -0.39 is 0 Å². The molecular weight excluding hydrogens is 180 g/mol. The van der Waals surface area contributed by atoms with Gasteiger partial charge in [0.2, 0.25) is 0 Å². The van der Waals surface area contributed by atoms with Gasteiger partial charge in [-0.05, 0) is 29.4 Å². The summed E-state index contributed by atoms with van der Waals surface area (Å²) in [6.45, 7) is 2.30. The molecule has 0 heteroatoms. The van der Waals surface area contributed by atoms with Crippen molar-refractivity contribution >= 4 is 0 Å². The van der Waals surface area contributed by atoms with E-state index in [-0.39, 0.29) is 0 Å². The molecule has 1 fully saturated rings. The third-order valence-corrected chi connectivity index (χ3v) is 3.63. The van der Waals surface area contributed by atoms with Gasteiger partial charge in [-0.25, -0.2) is 0 Å². The number of fused-ring (bicyclic) bond motifs is 1. The second-order valence-corrected chi connectivity index (χ2v) is 4.72. The molecular formula is C15H16. The Morgan fingerprint density at radius 1 is 1.13 bits per heavy atom. The lowest BCUT2D eigenvalue weighted by atomic mass is 9.90. The monoisotopic (exact) mass is 196 g/mol. The van der Waals surface area contributed by atoms with E-state index in [2.05, 4.69) is 55.5 Å². The lowest BCUT2D eigenvalue weighted by Crippen LogP contribution is -1.99. The van der Waals surface area contributed by atoms with Gasteiger partial charge >= 0.3 is 0 Å². The van der Waals surface area contributed by atoms with E-state index in [9.17, 15) is 0 Å². The van der Waals surface area contributed by atoms with Crippen molar-refractivity contribution in [3.63, 3.8) is 0 Å². The topological polar surface area (TPSA) is 0 Å². The average molecular weight is 196 g/mol. The first kappa shape index (κ1) is 8.96. The van der Waals surface area contributed by atoms with E-state index in [0.29, 0.717) is 5.92 Å². The summed E-state index contributed by atoms with van der Waals surface area (Å²) in [5, 5.41) is 0. The van der Waals surface area contributed by atoms with Crippen LogP contribution in [0.5, 0.6) is 0 Å². The van der Waals surface area contributed by atoms with E-state index in [1.54, 1.807) is 0 Å². The van der Waals surface area contributed by atoms with Gasteiger partial charge in [0.15, 0.2) is 0 Å². The number of hydrogen-bond acceptors (Lipinski definition) is 0. The molecule has 3 unspecified atom stereocenters. The molecule has 0 bridgehead atoms. The number of allylic oxidation sites excluding steroid dienone is 4. The van der Waals surface area contributed by atoms with Crippen molar-refractivity contribution in [1.82, 2.24) is 0 Å². The largest absolute Gasteiger partial charge is 0.0805 e. The van der Waals surface area contributed by atoms with Crippen LogP contribution in [0.3, 0.4) is 0 Å². The van der Waals surface area contributed by atoms with E-state index in [1.165, 1.54) is 17.6 Å². The van der Waals surface area contributed by atoms with Crippen LogP contribution in [0.2, 0.25) is 0 Å². The summed E-state index contributed by atoms with van der Waals surface area (Å²) in [5.74, 6) is 2.27. The maximum atomic E-state index is 2.47. The Hall–Kier alpha value is -1.30. The molecule has 2 aliphatic rings. The summed E-state index contributed by atoms with van der Waals surface area (Å²) < 4.78 is 0. The Kier molecular flexibility index (Phi) is 2.02. The molecule has 0 nitrogen and oxygen atoms in total. The van der Waals surface area contributed by atoms with Crippen LogP contribution in [0.4, 0.5) is 0 Å². The van der Waals surface area contributed by atoms with Crippen molar-refractivity contribution in [1.29, 1.82) is 0 Å². The van der Waals surface area contributed by atoms with Gasteiger partial charge in [0, 0.05) is 5.92 Å². The van der Waals surface area contributed by atoms with Crippen LogP contribution >= 0.6 is 0 Å². The van der Waals surface area contributed by atoms with Gasteiger partial charge in [-0.3, -0.25) is 0 Å². The number of benzene rings is 1.